The van der Waals surface area contributed by atoms with Gasteiger partial charge in [-0.15, -0.1) is 0 Å². The Morgan fingerprint density at radius 3 is 1.62 bits per heavy atom. The summed E-state index contributed by atoms with van der Waals surface area (Å²) >= 11 is 0. The van der Waals surface area contributed by atoms with Gasteiger partial charge in [-0.3, -0.25) is 0 Å². The van der Waals surface area contributed by atoms with E-state index in [0.717, 1.165) is 12.8 Å². The Morgan fingerprint density at radius 2 is 1.23 bits per heavy atom. The predicted molar refractivity (Wildman–Crippen MR) is 60.3 cm³/mol. The van der Waals surface area contributed by atoms with Gasteiger partial charge in [-0.25, -0.2) is 0 Å². The highest BCUT2D eigenvalue weighted by Crippen LogP contribution is 1.81. The van der Waals surface area contributed by atoms with Crippen LogP contribution in [0.15, 0.2) is 48.9 Å². The standard InChI is InChI=1S/C12H19N/c1-3-5-7-9-11-13-12-10-8-6-4-2/h5-13H,3-4H2,1-2H3/b7-5+,8-6+,11-9+,12-10+. The van der Waals surface area contributed by atoms with E-state index >= 15 is 0 Å². The van der Waals surface area contributed by atoms with E-state index in [1.165, 1.54) is 0 Å². The Bertz CT molecular complexity index is 175. The van der Waals surface area contributed by atoms with Gasteiger partial charge < -0.3 is 5.32 Å². The first-order chi connectivity index (χ1) is 6.41. The maximum Gasteiger partial charge on any atom is 0.000431 e. The lowest BCUT2D eigenvalue weighted by Gasteiger charge is -1.85. The van der Waals surface area contributed by atoms with E-state index in [2.05, 4.69) is 31.3 Å². The molecule has 0 heterocycles. The van der Waals surface area contributed by atoms with E-state index in [-0.39, 0.29) is 0 Å². The van der Waals surface area contributed by atoms with E-state index in [1.807, 2.05) is 36.7 Å². The zero-order valence-corrected chi connectivity index (χ0v) is 8.53. The normalized spacial score (nSPS) is 12.8. The molecule has 0 bridgehead atoms. The quantitative estimate of drug-likeness (QED) is 0.612. The Kier molecular flexibility index (Phi) is 9.73. The molecular formula is C12H19N. The summed E-state index contributed by atoms with van der Waals surface area (Å²) in [6, 6.07) is 0. The van der Waals surface area contributed by atoms with Crippen LogP contribution in [-0.4, -0.2) is 0 Å². The average Bonchev–Trinajstić information content (AvgIpc) is 2.16. The van der Waals surface area contributed by atoms with Crippen LogP contribution in [0.25, 0.3) is 0 Å². The van der Waals surface area contributed by atoms with Crippen molar-refractivity contribution < 1.29 is 0 Å². The second-order valence-electron chi connectivity index (χ2n) is 2.56. The maximum absolute atomic E-state index is 3.04. The zero-order chi connectivity index (χ0) is 9.78. The van der Waals surface area contributed by atoms with Crippen LogP contribution in [-0.2, 0) is 0 Å². The number of allylic oxidation sites excluding steroid dienone is 6. The van der Waals surface area contributed by atoms with Crippen molar-refractivity contribution in [1.29, 1.82) is 0 Å². The van der Waals surface area contributed by atoms with Crippen molar-refractivity contribution in [2.75, 3.05) is 0 Å². The molecule has 72 valence electrons. The van der Waals surface area contributed by atoms with Gasteiger partial charge in [-0.1, -0.05) is 38.2 Å². The molecule has 0 rings (SSSR count). The summed E-state index contributed by atoms with van der Waals surface area (Å²) < 4.78 is 0. The Morgan fingerprint density at radius 1 is 0.769 bits per heavy atom. The minimum absolute atomic E-state index is 1.08. The second kappa shape index (κ2) is 10.8. The Hall–Kier alpha value is -1.24. The Labute approximate surface area is 81.5 Å². The third-order valence-electron chi connectivity index (χ3n) is 1.35. The molecule has 0 saturated carbocycles. The van der Waals surface area contributed by atoms with Gasteiger partial charge >= 0.3 is 0 Å². The molecule has 0 atom stereocenters. The maximum atomic E-state index is 3.04. The van der Waals surface area contributed by atoms with E-state index in [0.29, 0.717) is 0 Å². The minimum atomic E-state index is 1.08. The number of hydrogen-bond donors (Lipinski definition) is 1. The smallest absolute Gasteiger partial charge is 0.000431 e. The SMILES string of the molecule is CC/C=C/C=C/N/C=C/C=C/CC. The molecule has 1 heteroatoms. The van der Waals surface area contributed by atoms with Crippen molar-refractivity contribution in [3.8, 4) is 0 Å². The highest BCUT2D eigenvalue weighted by molar-refractivity contribution is 5.05. The second-order valence-corrected chi connectivity index (χ2v) is 2.56. The molecule has 0 radical (unpaired) electrons. The van der Waals surface area contributed by atoms with Crippen molar-refractivity contribution >= 4 is 0 Å². The van der Waals surface area contributed by atoms with Gasteiger partial charge in [0, 0.05) is 12.4 Å². The zero-order valence-electron chi connectivity index (χ0n) is 8.53. The van der Waals surface area contributed by atoms with E-state index < -0.39 is 0 Å². The monoisotopic (exact) mass is 177 g/mol. The minimum Gasteiger partial charge on any atom is -0.368 e. The summed E-state index contributed by atoms with van der Waals surface area (Å²) in [6.07, 6.45) is 18.2. The van der Waals surface area contributed by atoms with Gasteiger partial charge in [0.1, 0.15) is 0 Å². The molecule has 0 unspecified atom stereocenters. The molecule has 0 aliphatic heterocycles. The fraction of sp³-hybridized carbons (Fsp3) is 0.333. The fourth-order valence-corrected chi connectivity index (χ4v) is 0.707. The van der Waals surface area contributed by atoms with Gasteiger partial charge in [0.05, 0.1) is 0 Å². The number of rotatable bonds is 6. The molecule has 0 saturated heterocycles. The van der Waals surface area contributed by atoms with E-state index in [1.54, 1.807) is 0 Å². The number of hydrogen-bond acceptors (Lipinski definition) is 1. The first-order valence-electron chi connectivity index (χ1n) is 4.81. The topological polar surface area (TPSA) is 12.0 Å². The molecular weight excluding hydrogens is 158 g/mol. The van der Waals surface area contributed by atoms with Crippen LogP contribution in [0.1, 0.15) is 26.7 Å². The summed E-state index contributed by atoms with van der Waals surface area (Å²) in [4.78, 5) is 0. The number of nitrogens with one attached hydrogen (secondary N) is 1. The summed E-state index contributed by atoms with van der Waals surface area (Å²) in [5.74, 6) is 0. The van der Waals surface area contributed by atoms with Crippen LogP contribution in [0.5, 0.6) is 0 Å². The molecule has 0 aromatic heterocycles. The first kappa shape index (κ1) is 11.8. The van der Waals surface area contributed by atoms with Gasteiger partial charge in [0.2, 0.25) is 0 Å². The molecule has 0 fully saturated rings. The summed E-state index contributed by atoms with van der Waals surface area (Å²) in [6.45, 7) is 4.24. The van der Waals surface area contributed by atoms with Gasteiger partial charge in [0.25, 0.3) is 0 Å². The summed E-state index contributed by atoms with van der Waals surface area (Å²) in [5, 5.41) is 3.04. The van der Waals surface area contributed by atoms with Crippen molar-refractivity contribution in [1.82, 2.24) is 5.32 Å². The lowest BCUT2D eigenvalue weighted by atomic mass is 10.4. The lowest BCUT2D eigenvalue weighted by Crippen LogP contribution is -1.89. The molecule has 0 amide bonds. The summed E-state index contributed by atoms with van der Waals surface area (Å²) in [7, 11) is 0. The van der Waals surface area contributed by atoms with Crippen LogP contribution >= 0.6 is 0 Å². The van der Waals surface area contributed by atoms with Gasteiger partial charge in [0.15, 0.2) is 0 Å². The van der Waals surface area contributed by atoms with Gasteiger partial charge in [-0.05, 0) is 25.0 Å². The molecule has 0 aliphatic carbocycles. The van der Waals surface area contributed by atoms with Gasteiger partial charge in [-0.2, -0.15) is 0 Å². The highest BCUT2D eigenvalue weighted by Gasteiger charge is 1.65. The van der Waals surface area contributed by atoms with Crippen LogP contribution < -0.4 is 5.32 Å². The fourth-order valence-electron chi connectivity index (χ4n) is 0.707. The average molecular weight is 177 g/mol. The van der Waals surface area contributed by atoms with Crippen LogP contribution in [0.2, 0.25) is 0 Å². The Balaban J connectivity index is 3.43. The highest BCUT2D eigenvalue weighted by atomic mass is 14.8. The lowest BCUT2D eigenvalue weighted by molar-refractivity contribution is 1.18. The van der Waals surface area contributed by atoms with Crippen molar-refractivity contribution in [3.63, 3.8) is 0 Å². The predicted octanol–water partition coefficient (Wildman–Crippen LogP) is 3.54. The third kappa shape index (κ3) is 10.8. The van der Waals surface area contributed by atoms with Crippen LogP contribution in [0.4, 0.5) is 0 Å². The van der Waals surface area contributed by atoms with Crippen molar-refractivity contribution in [3.05, 3.63) is 48.9 Å². The molecule has 1 nitrogen and oxygen atoms in total. The van der Waals surface area contributed by atoms with Crippen molar-refractivity contribution in [2.24, 2.45) is 0 Å². The molecule has 0 spiro atoms. The molecule has 0 aromatic carbocycles. The van der Waals surface area contributed by atoms with E-state index in [4.69, 9.17) is 0 Å². The van der Waals surface area contributed by atoms with E-state index in [9.17, 15) is 0 Å². The summed E-state index contributed by atoms with van der Waals surface area (Å²) in [5.41, 5.74) is 0. The first-order valence-corrected chi connectivity index (χ1v) is 4.81. The largest absolute Gasteiger partial charge is 0.368 e. The molecule has 1 N–H and O–H groups in total. The van der Waals surface area contributed by atoms with Crippen LogP contribution in [0.3, 0.4) is 0 Å². The van der Waals surface area contributed by atoms with Crippen LogP contribution in [0, 0.1) is 0 Å². The molecule has 13 heavy (non-hydrogen) atoms. The molecule has 0 aromatic rings. The third-order valence-corrected chi connectivity index (χ3v) is 1.35. The van der Waals surface area contributed by atoms with Crippen molar-refractivity contribution in [2.45, 2.75) is 26.7 Å². The molecule has 0 aliphatic rings.